The van der Waals surface area contributed by atoms with Crippen molar-refractivity contribution in [2.45, 2.75) is 11.8 Å². The molecule has 0 unspecified atom stereocenters. The Kier molecular flexibility index (Phi) is 6.90. The fourth-order valence-corrected chi connectivity index (χ4v) is 4.70. The summed E-state index contributed by atoms with van der Waals surface area (Å²) in [7, 11) is 0.829. The molecule has 0 bridgehead atoms. The van der Waals surface area contributed by atoms with E-state index in [1.807, 2.05) is 0 Å². The fourth-order valence-electron chi connectivity index (χ4n) is 3.76. The third-order valence-electron chi connectivity index (χ3n) is 5.61. The van der Waals surface area contributed by atoms with Gasteiger partial charge in [0.2, 0.25) is 28.4 Å². The maximum Gasteiger partial charge on any atom is 0.339 e. The van der Waals surface area contributed by atoms with E-state index in [0.29, 0.717) is 11.3 Å². The van der Waals surface area contributed by atoms with Gasteiger partial charge in [0, 0.05) is 5.56 Å². The molecule has 0 saturated heterocycles. The van der Waals surface area contributed by atoms with E-state index < -0.39 is 27.0 Å². The van der Waals surface area contributed by atoms with Crippen LogP contribution >= 0.6 is 0 Å². The third kappa shape index (κ3) is 4.49. The minimum absolute atomic E-state index is 0.101. The van der Waals surface area contributed by atoms with Crippen LogP contribution in [0.2, 0.25) is 0 Å². The lowest BCUT2D eigenvalue weighted by molar-refractivity contribution is 0.316. The molecule has 4 aromatic rings. The number of aromatic hydroxyl groups is 1. The van der Waals surface area contributed by atoms with Gasteiger partial charge in [-0.05, 0) is 43.3 Å². The summed E-state index contributed by atoms with van der Waals surface area (Å²) in [6, 6.07) is 12.3. The zero-order valence-electron chi connectivity index (χ0n) is 20.6. The highest BCUT2D eigenvalue weighted by Crippen LogP contribution is 2.51. The Labute approximate surface area is 212 Å². The average Bonchev–Trinajstić information content (AvgIpc) is 2.90. The van der Waals surface area contributed by atoms with Crippen molar-refractivity contribution >= 4 is 21.1 Å². The number of rotatable bonds is 8. The number of benzene rings is 3. The van der Waals surface area contributed by atoms with Gasteiger partial charge in [-0.15, -0.1) is 0 Å². The van der Waals surface area contributed by atoms with Gasteiger partial charge in [-0.3, -0.25) is 4.79 Å². The lowest BCUT2D eigenvalue weighted by Gasteiger charge is -2.17. The van der Waals surface area contributed by atoms with E-state index in [1.165, 1.54) is 40.6 Å². The van der Waals surface area contributed by atoms with E-state index in [2.05, 4.69) is 0 Å². The van der Waals surface area contributed by atoms with Crippen molar-refractivity contribution in [2.75, 3.05) is 28.4 Å². The number of phenolic OH excluding ortho intramolecular Hbond substituents is 1. The van der Waals surface area contributed by atoms with E-state index in [4.69, 9.17) is 27.5 Å². The van der Waals surface area contributed by atoms with Crippen molar-refractivity contribution in [3.8, 4) is 45.8 Å². The van der Waals surface area contributed by atoms with E-state index in [1.54, 1.807) is 43.3 Å². The summed E-state index contributed by atoms with van der Waals surface area (Å²) in [5.74, 6) is -1.40. The van der Waals surface area contributed by atoms with E-state index in [-0.39, 0.29) is 38.9 Å². The van der Waals surface area contributed by atoms with Crippen LogP contribution in [0.15, 0.2) is 62.6 Å². The topological polar surface area (TPSA) is 131 Å². The molecule has 0 atom stereocenters. The van der Waals surface area contributed by atoms with E-state index in [0.717, 1.165) is 5.56 Å². The fraction of sp³-hybridized carbons (Fsp3) is 0.192. The number of aryl methyl sites for hydroxylation is 1. The standard InChI is InChI=1S/C26H24O10S/c1-14-6-12-17(13-7-14)37(29,30)36-25-19(27)18-22(32-3)20(28)24(33-4)26(34-5)23(18)35-21(25)15-8-10-16(31-2)11-9-15/h6-13,28H,1-5H3. The van der Waals surface area contributed by atoms with Crippen LogP contribution in [0.25, 0.3) is 22.3 Å². The molecule has 0 fully saturated rings. The molecular weight excluding hydrogens is 504 g/mol. The summed E-state index contributed by atoms with van der Waals surface area (Å²) >= 11 is 0. The van der Waals surface area contributed by atoms with Crippen LogP contribution in [-0.4, -0.2) is 42.0 Å². The van der Waals surface area contributed by atoms with E-state index in [9.17, 15) is 18.3 Å². The molecule has 1 aromatic heterocycles. The summed E-state index contributed by atoms with van der Waals surface area (Å²) in [5.41, 5.74) is 0.0760. The maximum absolute atomic E-state index is 13.8. The minimum Gasteiger partial charge on any atom is -0.502 e. The van der Waals surface area contributed by atoms with Gasteiger partial charge in [0.25, 0.3) is 0 Å². The van der Waals surface area contributed by atoms with Crippen molar-refractivity contribution in [3.05, 3.63) is 64.3 Å². The minimum atomic E-state index is -4.47. The highest BCUT2D eigenvalue weighted by molar-refractivity contribution is 7.87. The molecule has 1 heterocycles. The number of phenols is 1. The first-order valence-corrected chi connectivity index (χ1v) is 12.2. The quantitative estimate of drug-likeness (QED) is 0.331. The van der Waals surface area contributed by atoms with Gasteiger partial charge in [0.1, 0.15) is 16.0 Å². The zero-order valence-corrected chi connectivity index (χ0v) is 21.5. The van der Waals surface area contributed by atoms with Crippen molar-refractivity contribution < 1.29 is 41.1 Å². The van der Waals surface area contributed by atoms with Gasteiger partial charge in [0.05, 0.1) is 28.4 Å². The second kappa shape index (κ2) is 9.94. The molecule has 0 amide bonds. The highest BCUT2D eigenvalue weighted by Gasteiger charge is 2.31. The molecule has 4 rings (SSSR count). The summed E-state index contributed by atoms with van der Waals surface area (Å²) in [6.07, 6.45) is 0. The molecule has 10 nitrogen and oxygen atoms in total. The maximum atomic E-state index is 13.8. The number of fused-ring (bicyclic) bond motifs is 1. The highest BCUT2D eigenvalue weighted by atomic mass is 32.2. The average molecular weight is 529 g/mol. The molecule has 11 heteroatoms. The number of methoxy groups -OCH3 is 4. The van der Waals surface area contributed by atoms with Crippen LogP contribution in [0.3, 0.4) is 0 Å². The molecule has 0 spiro atoms. The Hall–Kier alpha value is -4.38. The van der Waals surface area contributed by atoms with Crippen LogP contribution < -0.4 is 28.6 Å². The third-order valence-corrected chi connectivity index (χ3v) is 6.84. The second-order valence-electron chi connectivity index (χ2n) is 7.82. The summed E-state index contributed by atoms with van der Waals surface area (Å²) in [4.78, 5) is 13.7. The first-order valence-electron chi connectivity index (χ1n) is 10.8. The molecule has 1 N–H and O–H groups in total. The first-order chi connectivity index (χ1) is 17.7. The zero-order chi connectivity index (χ0) is 26.9. The van der Waals surface area contributed by atoms with Crippen LogP contribution in [0, 0.1) is 6.92 Å². The van der Waals surface area contributed by atoms with Crippen molar-refractivity contribution in [3.63, 3.8) is 0 Å². The second-order valence-corrected chi connectivity index (χ2v) is 9.37. The monoisotopic (exact) mass is 528 g/mol. The van der Waals surface area contributed by atoms with Gasteiger partial charge >= 0.3 is 10.1 Å². The SMILES string of the molecule is COc1ccc(-c2oc3c(OC)c(OC)c(O)c(OC)c3c(=O)c2OS(=O)(=O)c2ccc(C)cc2)cc1. The van der Waals surface area contributed by atoms with Gasteiger partial charge in [-0.2, -0.15) is 8.42 Å². The molecule has 3 aromatic carbocycles. The van der Waals surface area contributed by atoms with Crippen molar-refractivity contribution in [1.82, 2.24) is 0 Å². The molecule has 0 aliphatic rings. The Morgan fingerprint density at radius 1 is 0.757 bits per heavy atom. The Bertz CT molecular complexity index is 1620. The number of hydrogen-bond acceptors (Lipinski definition) is 10. The molecular formula is C26H24O10S. The van der Waals surface area contributed by atoms with Gasteiger partial charge < -0.3 is 32.7 Å². The molecule has 0 radical (unpaired) electrons. The van der Waals surface area contributed by atoms with E-state index >= 15 is 0 Å². The molecule has 37 heavy (non-hydrogen) atoms. The normalized spacial score (nSPS) is 11.3. The van der Waals surface area contributed by atoms with Crippen LogP contribution in [0.5, 0.6) is 34.5 Å². The summed E-state index contributed by atoms with van der Waals surface area (Å²) in [5, 5.41) is 10.4. The molecule has 194 valence electrons. The largest absolute Gasteiger partial charge is 0.502 e. The van der Waals surface area contributed by atoms with Crippen molar-refractivity contribution in [1.29, 1.82) is 0 Å². The molecule has 0 saturated carbocycles. The predicted molar refractivity (Wildman–Crippen MR) is 135 cm³/mol. The van der Waals surface area contributed by atoms with Crippen LogP contribution in [-0.2, 0) is 10.1 Å². The van der Waals surface area contributed by atoms with Crippen LogP contribution in [0.1, 0.15) is 5.56 Å². The predicted octanol–water partition coefficient (Wildman–Crippen LogP) is 4.28. The van der Waals surface area contributed by atoms with Gasteiger partial charge in [-0.25, -0.2) is 0 Å². The lowest BCUT2D eigenvalue weighted by Crippen LogP contribution is -2.17. The summed E-state index contributed by atoms with van der Waals surface area (Å²) in [6.45, 7) is 1.80. The van der Waals surface area contributed by atoms with Crippen molar-refractivity contribution in [2.24, 2.45) is 0 Å². The molecule has 0 aliphatic heterocycles. The summed E-state index contributed by atoms with van der Waals surface area (Å²) < 4.78 is 58.9. The smallest absolute Gasteiger partial charge is 0.339 e. The van der Waals surface area contributed by atoms with Crippen LogP contribution in [0.4, 0.5) is 0 Å². The Morgan fingerprint density at radius 3 is 1.89 bits per heavy atom. The first kappa shape index (κ1) is 25.7. The Morgan fingerprint density at radius 2 is 1.35 bits per heavy atom. The van der Waals surface area contributed by atoms with Gasteiger partial charge in [-0.1, -0.05) is 17.7 Å². The van der Waals surface area contributed by atoms with Gasteiger partial charge in [0.15, 0.2) is 17.1 Å². The number of ether oxygens (including phenoxy) is 4. The molecule has 0 aliphatic carbocycles. The number of hydrogen-bond donors (Lipinski definition) is 1. The lowest BCUT2D eigenvalue weighted by atomic mass is 10.1. The Balaban J connectivity index is 2.10.